The number of hydrazine groups is 1. The second-order valence-corrected chi connectivity index (χ2v) is 4.76. The van der Waals surface area contributed by atoms with Crippen molar-refractivity contribution in [2.24, 2.45) is 0 Å². The number of nitrogens with one attached hydrogen (secondary N) is 1. The van der Waals surface area contributed by atoms with Crippen molar-refractivity contribution in [3.63, 3.8) is 0 Å². The molecule has 4 heteroatoms. The molecule has 0 amide bonds. The maximum absolute atomic E-state index is 5.95. The lowest BCUT2D eigenvalue weighted by atomic mass is 10.1. The fourth-order valence-corrected chi connectivity index (χ4v) is 2.47. The quantitative estimate of drug-likeness (QED) is 0.795. The number of hydrogen-bond acceptors (Lipinski definition) is 4. The largest absolute Gasteiger partial charge is 0.397 e. The second-order valence-electron chi connectivity index (χ2n) is 4.76. The Kier molecular flexibility index (Phi) is 3.02. The number of fused-ring (bicyclic) bond motifs is 1. The number of para-hydroxylation sites is 1. The van der Waals surface area contributed by atoms with Gasteiger partial charge in [0, 0.05) is 24.7 Å². The molecule has 1 aliphatic rings. The molecule has 0 bridgehead atoms. The van der Waals surface area contributed by atoms with E-state index in [-0.39, 0.29) is 0 Å². The summed E-state index contributed by atoms with van der Waals surface area (Å²) in [6, 6.07) is 7.93. The van der Waals surface area contributed by atoms with E-state index in [9.17, 15) is 0 Å². The summed E-state index contributed by atoms with van der Waals surface area (Å²) in [6.45, 7) is 2.21. The Hall–Kier alpha value is -1.81. The van der Waals surface area contributed by atoms with Crippen molar-refractivity contribution in [3.05, 3.63) is 30.5 Å². The van der Waals surface area contributed by atoms with Gasteiger partial charge in [0.15, 0.2) is 0 Å². The fraction of sp³-hybridized carbons (Fsp3) is 0.357. The predicted octanol–water partition coefficient (Wildman–Crippen LogP) is 2.63. The van der Waals surface area contributed by atoms with Crippen LogP contribution in [0.5, 0.6) is 0 Å². The first-order valence-corrected chi connectivity index (χ1v) is 6.49. The summed E-state index contributed by atoms with van der Waals surface area (Å²) in [7, 11) is 0. The third-order valence-corrected chi connectivity index (χ3v) is 3.44. The van der Waals surface area contributed by atoms with Gasteiger partial charge in [-0.15, -0.1) is 0 Å². The standard InChI is InChI=1S/C14H18N4/c15-12-6-4-5-11-13(7-8-16-14(11)12)17-18-9-2-1-3-10-18/h4-8H,1-3,9-10,15H2,(H,16,17). The van der Waals surface area contributed by atoms with Crippen molar-refractivity contribution < 1.29 is 0 Å². The van der Waals surface area contributed by atoms with Crippen LogP contribution in [-0.2, 0) is 0 Å². The minimum atomic E-state index is 0.731. The molecule has 3 rings (SSSR count). The van der Waals surface area contributed by atoms with Gasteiger partial charge >= 0.3 is 0 Å². The number of rotatable bonds is 2. The molecule has 1 fully saturated rings. The van der Waals surface area contributed by atoms with Gasteiger partial charge in [-0.3, -0.25) is 4.98 Å². The first kappa shape index (κ1) is 11.3. The van der Waals surface area contributed by atoms with Crippen LogP contribution in [0.15, 0.2) is 30.5 Å². The average molecular weight is 242 g/mol. The van der Waals surface area contributed by atoms with Gasteiger partial charge < -0.3 is 11.2 Å². The molecule has 94 valence electrons. The molecule has 0 radical (unpaired) electrons. The summed E-state index contributed by atoms with van der Waals surface area (Å²) in [4.78, 5) is 4.35. The Morgan fingerprint density at radius 2 is 1.94 bits per heavy atom. The van der Waals surface area contributed by atoms with Crippen LogP contribution >= 0.6 is 0 Å². The molecule has 2 aromatic rings. The van der Waals surface area contributed by atoms with Crippen LogP contribution in [0.2, 0.25) is 0 Å². The van der Waals surface area contributed by atoms with Gasteiger partial charge in [0.1, 0.15) is 0 Å². The van der Waals surface area contributed by atoms with E-state index in [1.165, 1.54) is 19.3 Å². The molecule has 0 saturated carbocycles. The van der Waals surface area contributed by atoms with Crippen molar-refractivity contribution >= 4 is 22.3 Å². The Morgan fingerprint density at radius 1 is 1.11 bits per heavy atom. The van der Waals surface area contributed by atoms with E-state index in [1.807, 2.05) is 24.4 Å². The molecule has 1 saturated heterocycles. The lowest BCUT2D eigenvalue weighted by Gasteiger charge is -2.28. The topological polar surface area (TPSA) is 54.2 Å². The molecular formula is C14H18N4. The number of hydrogen-bond donors (Lipinski definition) is 2. The highest BCUT2D eigenvalue weighted by Crippen LogP contribution is 2.26. The minimum absolute atomic E-state index is 0.731. The monoisotopic (exact) mass is 242 g/mol. The van der Waals surface area contributed by atoms with Crippen LogP contribution in [-0.4, -0.2) is 23.1 Å². The normalized spacial score (nSPS) is 16.9. The van der Waals surface area contributed by atoms with Crippen molar-refractivity contribution in [2.45, 2.75) is 19.3 Å². The van der Waals surface area contributed by atoms with E-state index < -0.39 is 0 Å². The number of nitrogens with two attached hydrogens (primary N) is 1. The van der Waals surface area contributed by atoms with Crippen molar-refractivity contribution in [2.75, 3.05) is 24.2 Å². The third kappa shape index (κ3) is 2.11. The molecule has 0 spiro atoms. The molecule has 2 heterocycles. The zero-order valence-electron chi connectivity index (χ0n) is 10.4. The van der Waals surface area contributed by atoms with Gasteiger partial charge in [0.2, 0.25) is 0 Å². The summed E-state index contributed by atoms with van der Waals surface area (Å²) in [6.07, 6.45) is 5.67. The van der Waals surface area contributed by atoms with Gasteiger partial charge in [0.25, 0.3) is 0 Å². The van der Waals surface area contributed by atoms with Crippen LogP contribution in [0, 0.1) is 0 Å². The fourth-order valence-electron chi connectivity index (χ4n) is 2.47. The van der Waals surface area contributed by atoms with E-state index in [1.54, 1.807) is 0 Å². The SMILES string of the molecule is Nc1cccc2c(NN3CCCCC3)ccnc12. The van der Waals surface area contributed by atoms with Gasteiger partial charge in [-0.2, -0.15) is 0 Å². The van der Waals surface area contributed by atoms with Gasteiger partial charge in [-0.05, 0) is 25.0 Å². The average Bonchev–Trinajstić information content (AvgIpc) is 2.41. The summed E-state index contributed by atoms with van der Waals surface area (Å²) in [5, 5.41) is 3.37. The van der Waals surface area contributed by atoms with Gasteiger partial charge in [-0.1, -0.05) is 18.6 Å². The lowest BCUT2D eigenvalue weighted by molar-refractivity contribution is 0.273. The zero-order chi connectivity index (χ0) is 12.4. The number of nitrogens with zero attached hydrogens (tertiary/aromatic N) is 2. The highest BCUT2D eigenvalue weighted by Gasteiger charge is 2.11. The molecule has 0 aliphatic carbocycles. The smallest absolute Gasteiger partial charge is 0.0952 e. The Balaban J connectivity index is 1.93. The highest BCUT2D eigenvalue weighted by molar-refractivity contribution is 5.97. The number of aromatic nitrogens is 1. The van der Waals surface area contributed by atoms with Crippen LogP contribution in [0.1, 0.15) is 19.3 Å². The van der Waals surface area contributed by atoms with Gasteiger partial charge in [-0.25, -0.2) is 5.01 Å². The van der Waals surface area contributed by atoms with E-state index in [0.29, 0.717) is 0 Å². The first-order chi connectivity index (χ1) is 8.84. The van der Waals surface area contributed by atoms with E-state index in [2.05, 4.69) is 21.5 Å². The summed E-state index contributed by atoms with van der Waals surface area (Å²) in [5.41, 5.74) is 12.1. The number of nitrogen functional groups attached to an aromatic ring is 1. The molecule has 1 aromatic heterocycles. The minimum Gasteiger partial charge on any atom is -0.397 e. The van der Waals surface area contributed by atoms with Crippen LogP contribution in [0.25, 0.3) is 10.9 Å². The Bertz CT molecular complexity index is 546. The predicted molar refractivity (Wildman–Crippen MR) is 75.2 cm³/mol. The number of piperidine rings is 1. The molecule has 3 N–H and O–H groups in total. The van der Waals surface area contributed by atoms with Crippen LogP contribution in [0.3, 0.4) is 0 Å². The Labute approximate surface area is 107 Å². The number of benzene rings is 1. The molecule has 0 atom stereocenters. The van der Waals surface area contributed by atoms with Crippen molar-refractivity contribution in [1.29, 1.82) is 0 Å². The number of pyridine rings is 1. The summed E-state index contributed by atoms with van der Waals surface area (Å²) in [5.74, 6) is 0. The van der Waals surface area contributed by atoms with Crippen molar-refractivity contribution in [3.8, 4) is 0 Å². The number of anilines is 2. The molecule has 1 aliphatic heterocycles. The zero-order valence-corrected chi connectivity index (χ0v) is 10.4. The van der Waals surface area contributed by atoms with Crippen LogP contribution < -0.4 is 11.2 Å². The molecule has 0 unspecified atom stereocenters. The molecule has 4 nitrogen and oxygen atoms in total. The van der Waals surface area contributed by atoms with Gasteiger partial charge in [0.05, 0.1) is 16.9 Å². The second kappa shape index (κ2) is 4.82. The third-order valence-electron chi connectivity index (χ3n) is 3.44. The van der Waals surface area contributed by atoms with E-state index in [0.717, 1.165) is 35.4 Å². The summed E-state index contributed by atoms with van der Waals surface area (Å²) < 4.78 is 0. The summed E-state index contributed by atoms with van der Waals surface area (Å²) >= 11 is 0. The first-order valence-electron chi connectivity index (χ1n) is 6.49. The van der Waals surface area contributed by atoms with Crippen molar-refractivity contribution in [1.82, 2.24) is 9.99 Å². The Morgan fingerprint density at radius 3 is 2.78 bits per heavy atom. The molecule has 18 heavy (non-hydrogen) atoms. The molecular weight excluding hydrogens is 224 g/mol. The lowest BCUT2D eigenvalue weighted by Crippen LogP contribution is -2.34. The maximum atomic E-state index is 5.95. The maximum Gasteiger partial charge on any atom is 0.0952 e. The molecule has 1 aromatic carbocycles. The van der Waals surface area contributed by atoms with E-state index >= 15 is 0 Å². The van der Waals surface area contributed by atoms with Crippen LogP contribution in [0.4, 0.5) is 11.4 Å². The highest BCUT2D eigenvalue weighted by atomic mass is 15.5. The van der Waals surface area contributed by atoms with E-state index in [4.69, 9.17) is 5.73 Å².